The van der Waals surface area contributed by atoms with Gasteiger partial charge in [-0.15, -0.1) is 0 Å². The molecule has 2 bridgehead atoms. The molecule has 16 heavy (non-hydrogen) atoms. The van der Waals surface area contributed by atoms with Crippen LogP contribution in [-0.4, -0.2) is 11.2 Å². The first kappa shape index (κ1) is 10.0. The molecule has 0 spiro atoms. The largest absolute Gasteiger partial charge is 0.390 e. The predicted octanol–water partition coefficient (Wildman–Crippen LogP) is 2.23. The smallest absolute Gasteiger partial charge is 0.175 e. The van der Waals surface area contributed by atoms with Gasteiger partial charge >= 0.3 is 0 Å². The summed E-state index contributed by atoms with van der Waals surface area (Å²) in [6.07, 6.45) is 1.22. The Balaban J connectivity index is 2.29. The molecule has 4 rings (SSSR count). The molecule has 1 aromatic rings. The molecule has 0 amide bonds. The molecule has 1 N–H and O–H groups in total. The van der Waals surface area contributed by atoms with Crippen LogP contribution < -0.4 is 0 Å². The van der Waals surface area contributed by atoms with Crippen molar-refractivity contribution < 1.29 is 14.9 Å². The summed E-state index contributed by atoms with van der Waals surface area (Å²) >= 11 is 0. The first-order valence-electron chi connectivity index (χ1n) is 5.47. The van der Waals surface area contributed by atoms with Gasteiger partial charge in [-0.25, -0.2) is 9.78 Å². The quantitative estimate of drug-likeness (QED) is 0.580. The minimum absolute atomic E-state index is 0.142. The van der Waals surface area contributed by atoms with E-state index < -0.39 is 11.7 Å². The van der Waals surface area contributed by atoms with Crippen LogP contribution >= 0.6 is 0 Å². The van der Waals surface area contributed by atoms with Gasteiger partial charge in [0, 0.05) is 5.56 Å². The fraction of sp³-hybridized carbons (Fsp3) is 0.385. The van der Waals surface area contributed by atoms with Gasteiger partial charge in [0.2, 0.25) is 0 Å². The van der Waals surface area contributed by atoms with E-state index in [4.69, 9.17) is 9.78 Å². The van der Waals surface area contributed by atoms with Crippen LogP contribution in [0.3, 0.4) is 0 Å². The van der Waals surface area contributed by atoms with Crippen LogP contribution in [0.2, 0.25) is 0 Å². The van der Waals surface area contributed by atoms with Crippen LogP contribution in [0.5, 0.6) is 0 Å². The zero-order chi connectivity index (χ0) is 11.3. The average molecular weight is 218 g/mol. The van der Waals surface area contributed by atoms with E-state index in [2.05, 4.69) is 0 Å². The highest BCUT2D eigenvalue weighted by atomic mass is 17.2. The summed E-state index contributed by atoms with van der Waals surface area (Å²) in [4.78, 5) is 10.7. The molecular formula is C13H14O3. The third-order valence-electron chi connectivity index (χ3n) is 3.53. The summed E-state index contributed by atoms with van der Waals surface area (Å²) in [6, 6.07) is 7.94. The first-order valence-corrected chi connectivity index (χ1v) is 5.47. The van der Waals surface area contributed by atoms with Crippen LogP contribution in [0.1, 0.15) is 31.1 Å². The van der Waals surface area contributed by atoms with Crippen molar-refractivity contribution in [3.63, 3.8) is 0 Å². The fourth-order valence-electron chi connectivity index (χ4n) is 2.68. The molecule has 2 heterocycles. The number of rotatable bonds is 1. The lowest BCUT2D eigenvalue weighted by atomic mass is 9.74. The van der Waals surface area contributed by atoms with Crippen LogP contribution in [0, 0.1) is 0 Å². The third kappa shape index (κ3) is 1.03. The summed E-state index contributed by atoms with van der Waals surface area (Å²) in [5, 5.41) is 10.0. The second-order valence-corrected chi connectivity index (χ2v) is 4.45. The van der Waals surface area contributed by atoms with Gasteiger partial charge in [0.1, 0.15) is 6.10 Å². The van der Waals surface area contributed by atoms with Crippen LogP contribution in [0.4, 0.5) is 0 Å². The predicted molar refractivity (Wildman–Crippen MR) is 58.5 cm³/mol. The zero-order valence-electron chi connectivity index (χ0n) is 9.31. The Bertz CT molecular complexity index is 464. The monoisotopic (exact) mass is 218 g/mol. The Hall–Kier alpha value is -1.16. The number of hydrogen-bond donors (Lipinski definition) is 1. The van der Waals surface area contributed by atoms with Crippen molar-refractivity contribution in [2.75, 3.05) is 0 Å². The molecule has 0 radical (unpaired) electrons. The molecule has 0 unspecified atom stereocenters. The summed E-state index contributed by atoms with van der Waals surface area (Å²) in [5.74, 6) is 0. The highest BCUT2D eigenvalue weighted by Gasteiger charge is 2.51. The van der Waals surface area contributed by atoms with Crippen molar-refractivity contribution in [3.8, 4) is 0 Å². The Morgan fingerprint density at radius 3 is 2.81 bits per heavy atom. The Labute approximate surface area is 94.2 Å². The molecule has 1 aromatic carbocycles. The molecule has 2 aliphatic heterocycles. The van der Waals surface area contributed by atoms with E-state index in [9.17, 15) is 5.11 Å². The van der Waals surface area contributed by atoms with E-state index in [1.165, 1.54) is 0 Å². The van der Waals surface area contributed by atoms with Crippen molar-refractivity contribution in [2.24, 2.45) is 0 Å². The Kier molecular flexibility index (Phi) is 1.98. The normalized spacial score (nSPS) is 33.2. The molecule has 1 aliphatic carbocycles. The highest BCUT2D eigenvalue weighted by Crippen LogP contribution is 2.51. The molecule has 0 aromatic heterocycles. The fourth-order valence-corrected chi connectivity index (χ4v) is 2.68. The van der Waals surface area contributed by atoms with Crippen molar-refractivity contribution in [3.05, 3.63) is 47.0 Å². The summed E-state index contributed by atoms with van der Waals surface area (Å²) in [5.41, 5.74) is 2.28. The summed E-state index contributed by atoms with van der Waals surface area (Å²) in [6.45, 7) is 3.70. The van der Waals surface area contributed by atoms with Crippen LogP contribution in [-0.2, 0) is 15.4 Å². The van der Waals surface area contributed by atoms with Gasteiger partial charge in [-0.05, 0) is 31.1 Å². The minimum Gasteiger partial charge on any atom is -0.390 e. The van der Waals surface area contributed by atoms with Crippen molar-refractivity contribution in [2.45, 2.75) is 31.7 Å². The average Bonchev–Trinajstić information content (AvgIpc) is 2.29. The maximum absolute atomic E-state index is 10.0. The van der Waals surface area contributed by atoms with E-state index in [1.807, 2.05) is 37.3 Å². The lowest BCUT2D eigenvalue weighted by Crippen LogP contribution is -2.48. The standard InChI is InChI=1S/C13H14O3/c1-8-7-12-10-5-3-4-6-11(10)13(8,9(2)14)16-15-12/h3-7,9,12,14H,1-2H3/t9-,12-,13-/m1/s1. The van der Waals surface area contributed by atoms with Crippen LogP contribution in [0.15, 0.2) is 35.9 Å². The van der Waals surface area contributed by atoms with Crippen molar-refractivity contribution in [1.29, 1.82) is 0 Å². The van der Waals surface area contributed by atoms with Gasteiger partial charge < -0.3 is 5.11 Å². The second-order valence-electron chi connectivity index (χ2n) is 4.45. The van der Waals surface area contributed by atoms with E-state index in [-0.39, 0.29) is 6.10 Å². The molecule has 3 aliphatic rings. The Morgan fingerprint density at radius 2 is 2.12 bits per heavy atom. The number of benzene rings is 1. The lowest BCUT2D eigenvalue weighted by molar-refractivity contribution is -0.408. The van der Waals surface area contributed by atoms with Crippen LogP contribution in [0.25, 0.3) is 0 Å². The van der Waals surface area contributed by atoms with Gasteiger partial charge in [0.05, 0.1) is 6.10 Å². The number of aliphatic hydroxyl groups excluding tert-OH is 1. The maximum atomic E-state index is 10.0. The number of hydrogen-bond acceptors (Lipinski definition) is 3. The topological polar surface area (TPSA) is 38.7 Å². The molecular weight excluding hydrogens is 204 g/mol. The molecule has 3 nitrogen and oxygen atoms in total. The molecule has 0 fully saturated rings. The molecule has 0 saturated carbocycles. The molecule has 0 saturated heterocycles. The van der Waals surface area contributed by atoms with E-state index in [0.29, 0.717) is 0 Å². The van der Waals surface area contributed by atoms with Gasteiger partial charge in [0.25, 0.3) is 0 Å². The molecule has 3 atom stereocenters. The van der Waals surface area contributed by atoms with E-state index >= 15 is 0 Å². The summed E-state index contributed by atoms with van der Waals surface area (Å²) < 4.78 is 0. The number of aliphatic hydroxyl groups is 1. The lowest BCUT2D eigenvalue weighted by Gasteiger charge is -2.46. The van der Waals surface area contributed by atoms with Crippen molar-refractivity contribution in [1.82, 2.24) is 0 Å². The maximum Gasteiger partial charge on any atom is 0.175 e. The van der Waals surface area contributed by atoms with Crippen molar-refractivity contribution >= 4 is 0 Å². The first-order chi connectivity index (χ1) is 7.66. The third-order valence-corrected chi connectivity index (χ3v) is 3.53. The molecule has 3 heteroatoms. The highest BCUT2D eigenvalue weighted by molar-refractivity contribution is 5.48. The van der Waals surface area contributed by atoms with E-state index in [1.54, 1.807) is 6.92 Å². The number of fused-ring (bicyclic) bond motifs is 1. The zero-order valence-corrected chi connectivity index (χ0v) is 9.31. The minimum atomic E-state index is -0.828. The second kappa shape index (κ2) is 3.17. The summed E-state index contributed by atoms with van der Waals surface area (Å²) in [7, 11) is 0. The van der Waals surface area contributed by atoms with Gasteiger partial charge in [-0.2, -0.15) is 0 Å². The van der Waals surface area contributed by atoms with Gasteiger partial charge in [0.15, 0.2) is 5.60 Å². The van der Waals surface area contributed by atoms with Gasteiger partial charge in [-0.3, -0.25) is 0 Å². The molecule has 84 valence electrons. The van der Waals surface area contributed by atoms with Gasteiger partial charge in [-0.1, -0.05) is 24.3 Å². The SMILES string of the molecule is CC1=C[C@H]2OO[C@]1([C@@H](C)O)c1ccccc12. The Morgan fingerprint density at radius 1 is 1.38 bits per heavy atom. The van der Waals surface area contributed by atoms with E-state index in [0.717, 1.165) is 16.7 Å².